The summed E-state index contributed by atoms with van der Waals surface area (Å²) in [6, 6.07) is 2.19. The zero-order chi connectivity index (χ0) is 13.8. The molecular formula is C16H26N4. The highest BCUT2D eigenvalue weighted by molar-refractivity contribution is 5.15. The topological polar surface area (TPSA) is 41.1 Å². The van der Waals surface area contributed by atoms with Gasteiger partial charge >= 0.3 is 0 Å². The quantitative estimate of drug-likeness (QED) is 0.918. The third-order valence-corrected chi connectivity index (χ3v) is 4.49. The van der Waals surface area contributed by atoms with E-state index >= 15 is 0 Å². The molecule has 1 aromatic rings. The zero-order valence-electron chi connectivity index (χ0n) is 12.6. The van der Waals surface area contributed by atoms with E-state index in [1.165, 1.54) is 50.9 Å². The van der Waals surface area contributed by atoms with Crippen molar-refractivity contribution in [2.45, 2.75) is 51.5 Å². The fraction of sp³-hybridized carbons (Fsp3) is 0.750. The summed E-state index contributed by atoms with van der Waals surface area (Å²) < 4.78 is 0. The molecule has 0 amide bonds. The molecule has 0 radical (unpaired) electrons. The van der Waals surface area contributed by atoms with Crippen molar-refractivity contribution < 1.29 is 0 Å². The van der Waals surface area contributed by atoms with E-state index in [0.717, 1.165) is 31.2 Å². The van der Waals surface area contributed by atoms with Crippen molar-refractivity contribution in [3.8, 4) is 0 Å². The Kier molecular flexibility index (Phi) is 4.63. The molecule has 2 fully saturated rings. The molecular weight excluding hydrogens is 248 g/mol. The first-order valence-electron chi connectivity index (χ1n) is 8.09. The second kappa shape index (κ2) is 6.64. The lowest BCUT2D eigenvalue weighted by molar-refractivity contribution is 0.215. The molecule has 20 heavy (non-hydrogen) atoms. The van der Waals surface area contributed by atoms with E-state index in [0.29, 0.717) is 5.92 Å². The van der Waals surface area contributed by atoms with Gasteiger partial charge in [-0.3, -0.25) is 4.90 Å². The minimum Gasteiger partial charge on any atom is -0.317 e. The highest BCUT2D eigenvalue weighted by Crippen LogP contribution is 2.24. The molecule has 2 aliphatic heterocycles. The Bertz CT molecular complexity index is 434. The molecule has 0 unspecified atom stereocenters. The monoisotopic (exact) mass is 274 g/mol. The van der Waals surface area contributed by atoms with Crippen LogP contribution in [-0.4, -0.2) is 41.0 Å². The summed E-state index contributed by atoms with van der Waals surface area (Å²) >= 11 is 0. The van der Waals surface area contributed by atoms with Gasteiger partial charge in [0.05, 0.1) is 6.54 Å². The van der Waals surface area contributed by atoms with E-state index < -0.39 is 0 Å². The minimum absolute atomic E-state index is 0.623. The summed E-state index contributed by atoms with van der Waals surface area (Å²) in [5.41, 5.74) is 2.39. The smallest absolute Gasteiger partial charge is 0.142 e. The minimum atomic E-state index is 0.623. The van der Waals surface area contributed by atoms with Crippen LogP contribution in [0.4, 0.5) is 0 Å². The third kappa shape index (κ3) is 3.55. The van der Waals surface area contributed by atoms with Crippen LogP contribution in [0.2, 0.25) is 0 Å². The van der Waals surface area contributed by atoms with Crippen LogP contribution in [0.15, 0.2) is 6.07 Å². The van der Waals surface area contributed by atoms with Crippen LogP contribution in [0.5, 0.6) is 0 Å². The number of nitrogens with zero attached hydrogens (tertiary/aromatic N) is 3. The van der Waals surface area contributed by atoms with E-state index in [9.17, 15) is 0 Å². The summed E-state index contributed by atoms with van der Waals surface area (Å²) in [7, 11) is 0. The Morgan fingerprint density at radius 3 is 2.65 bits per heavy atom. The van der Waals surface area contributed by atoms with Gasteiger partial charge in [0, 0.05) is 17.3 Å². The van der Waals surface area contributed by atoms with Crippen LogP contribution in [-0.2, 0) is 6.54 Å². The standard InChI is InChI=1S/C16H26N4/c1-13-11-15(14-5-7-17-8-6-14)19-16(18-13)12-20-9-3-2-4-10-20/h11,14,17H,2-10,12H2,1H3. The van der Waals surface area contributed by atoms with Crippen LogP contribution in [0, 0.1) is 6.92 Å². The zero-order valence-corrected chi connectivity index (χ0v) is 12.6. The number of likely N-dealkylation sites (tertiary alicyclic amines) is 1. The van der Waals surface area contributed by atoms with E-state index in [2.05, 4.69) is 28.2 Å². The van der Waals surface area contributed by atoms with Crippen molar-refractivity contribution in [1.82, 2.24) is 20.2 Å². The maximum Gasteiger partial charge on any atom is 0.142 e. The number of rotatable bonds is 3. The van der Waals surface area contributed by atoms with E-state index in [1.807, 2.05) is 0 Å². The fourth-order valence-corrected chi connectivity index (χ4v) is 3.37. The van der Waals surface area contributed by atoms with Crippen molar-refractivity contribution in [3.05, 3.63) is 23.3 Å². The molecule has 0 saturated carbocycles. The first kappa shape index (κ1) is 14.0. The SMILES string of the molecule is Cc1cc(C2CCNCC2)nc(CN2CCCCC2)n1. The van der Waals surface area contributed by atoms with Crippen LogP contribution < -0.4 is 5.32 Å². The maximum atomic E-state index is 4.87. The molecule has 1 aromatic heterocycles. The van der Waals surface area contributed by atoms with Crippen LogP contribution in [0.3, 0.4) is 0 Å². The molecule has 3 rings (SSSR count). The van der Waals surface area contributed by atoms with Gasteiger partial charge < -0.3 is 5.32 Å². The van der Waals surface area contributed by atoms with Gasteiger partial charge in [-0.2, -0.15) is 0 Å². The number of aromatic nitrogens is 2. The molecule has 3 heterocycles. The largest absolute Gasteiger partial charge is 0.317 e. The third-order valence-electron chi connectivity index (χ3n) is 4.49. The molecule has 110 valence electrons. The maximum absolute atomic E-state index is 4.87. The van der Waals surface area contributed by atoms with E-state index in [4.69, 9.17) is 4.98 Å². The molecule has 0 atom stereocenters. The molecule has 4 nitrogen and oxygen atoms in total. The van der Waals surface area contributed by atoms with Crippen molar-refractivity contribution in [2.75, 3.05) is 26.2 Å². The first-order valence-corrected chi connectivity index (χ1v) is 8.09. The van der Waals surface area contributed by atoms with Crippen LogP contribution >= 0.6 is 0 Å². The highest BCUT2D eigenvalue weighted by atomic mass is 15.1. The summed E-state index contributed by atoms with van der Waals surface area (Å²) in [5, 5.41) is 3.43. The normalized spacial score (nSPS) is 22.1. The van der Waals surface area contributed by atoms with Gasteiger partial charge in [-0.25, -0.2) is 9.97 Å². The fourth-order valence-electron chi connectivity index (χ4n) is 3.37. The number of nitrogens with one attached hydrogen (secondary N) is 1. The number of hydrogen-bond donors (Lipinski definition) is 1. The van der Waals surface area contributed by atoms with Gasteiger partial charge in [-0.1, -0.05) is 6.42 Å². The summed E-state index contributed by atoms with van der Waals surface area (Å²) in [4.78, 5) is 12.0. The Balaban J connectivity index is 1.71. The lowest BCUT2D eigenvalue weighted by atomic mass is 9.94. The van der Waals surface area contributed by atoms with Crippen LogP contribution in [0.1, 0.15) is 55.2 Å². The first-order chi connectivity index (χ1) is 9.81. The lowest BCUT2D eigenvalue weighted by Gasteiger charge is -2.26. The molecule has 1 N–H and O–H groups in total. The Labute approximate surface area is 122 Å². The predicted octanol–water partition coefficient (Wildman–Crippen LogP) is 2.24. The predicted molar refractivity (Wildman–Crippen MR) is 80.7 cm³/mol. The highest BCUT2D eigenvalue weighted by Gasteiger charge is 2.19. The van der Waals surface area contributed by atoms with Gasteiger partial charge in [0.15, 0.2) is 0 Å². The van der Waals surface area contributed by atoms with Gasteiger partial charge in [0.2, 0.25) is 0 Å². The molecule has 0 bridgehead atoms. The molecule has 2 aliphatic rings. The van der Waals surface area contributed by atoms with Gasteiger partial charge in [-0.05, 0) is 64.9 Å². The average Bonchev–Trinajstić information content (AvgIpc) is 2.49. The molecule has 2 saturated heterocycles. The number of piperidine rings is 2. The van der Waals surface area contributed by atoms with Crippen molar-refractivity contribution >= 4 is 0 Å². The van der Waals surface area contributed by atoms with Crippen LogP contribution in [0.25, 0.3) is 0 Å². The Morgan fingerprint density at radius 1 is 1.15 bits per heavy atom. The van der Waals surface area contributed by atoms with E-state index in [-0.39, 0.29) is 0 Å². The Morgan fingerprint density at radius 2 is 1.90 bits per heavy atom. The molecule has 0 aromatic carbocycles. The van der Waals surface area contributed by atoms with Gasteiger partial charge in [0.25, 0.3) is 0 Å². The van der Waals surface area contributed by atoms with E-state index in [1.54, 1.807) is 0 Å². The average molecular weight is 274 g/mol. The summed E-state index contributed by atoms with van der Waals surface area (Å²) in [6.07, 6.45) is 6.45. The number of aryl methyl sites for hydroxylation is 1. The second-order valence-corrected chi connectivity index (χ2v) is 6.21. The number of hydrogen-bond acceptors (Lipinski definition) is 4. The van der Waals surface area contributed by atoms with Crippen molar-refractivity contribution in [1.29, 1.82) is 0 Å². The molecule has 4 heteroatoms. The summed E-state index contributed by atoms with van der Waals surface area (Å²) in [6.45, 7) is 7.69. The second-order valence-electron chi connectivity index (χ2n) is 6.21. The summed E-state index contributed by atoms with van der Waals surface area (Å²) in [5.74, 6) is 1.65. The molecule has 0 spiro atoms. The lowest BCUT2D eigenvalue weighted by Crippen LogP contribution is -2.30. The van der Waals surface area contributed by atoms with Gasteiger partial charge in [-0.15, -0.1) is 0 Å². The molecule has 0 aliphatic carbocycles. The van der Waals surface area contributed by atoms with Gasteiger partial charge in [0.1, 0.15) is 5.82 Å². The Hall–Kier alpha value is -1.00. The van der Waals surface area contributed by atoms with Crippen molar-refractivity contribution in [3.63, 3.8) is 0 Å². The van der Waals surface area contributed by atoms with Crippen molar-refractivity contribution in [2.24, 2.45) is 0 Å².